The second-order valence-corrected chi connectivity index (χ2v) is 8.71. The van der Waals surface area contributed by atoms with Gasteiger partial charge in [0, 0.05) is 35.2 Å². The number of aliphatic hydroxyl groups excluding tert-OH is 1. The zero-order valence-corrected chi connectivity index (χ0v) is 18.0. The molecule has 2 saturated carbocycles. The third-order valence-electron chi connectivity index (χ3n) is 7.16. The average molecular weight is 428 g/mol. The summed E-state index contributed by atoms with van der Waals surface area (Å²) in [6.45, 7) is 2.32. The van der Waals surface area contributed by atoms with E-state index in [9.17, 15) is 5.11 Å². The fourth-order valence-corrected chi connectivity index (χ4v) is 5.76. The van der Waals surface area contributed by atoms with Gasteiger partial charge in [0.15, 0.2) is 5.65 Å². The molecule has 2 heterocycles. The maximum Gasteiger partial charge on any atom is 0.160 e. The molecule has 3 atom stereocenters. The van der Waals surface area contributed by atoms with E-state index in [1.54, 1.807) is 0 Å². The van der Waals surface area contributed by atoms with Crippen molar-refractivity contribution in [2.24, 2.45) is 11.7 Å². The molecule has 2 aromatic rings. The number of aliphatic hydroxyl groups is 1. The number of hydrogen-bond donors (Lipinski definition) is 3. The Morgan fingerprint density at radius 1 is 1.29 bits per heavy atom. The van der Waals surface area contributed by atoms with Gasteiger partial charge in [-0.2, -0.15) is 9.61 Å². The second kappa shape index (κ2) is 7.98. The van der Waals surface area contributed by atoms with Crippen molar-refractivity contribution in [1.29, 1.82) is 0 Å². The van der Waals surface area contributed by atoms with E-state index in [-0.39, 0.29) is 42.8 Å². The van der Waals surface area contributed by atoms with Crippen LogP contribution in [0.1, 0.15) is 61.8 Å². The molecule has 156 valence electrons. The van der Waals surface area contributed by atoms with E-state index >= 15 is 0 Å². The molecular formula is C20H31Cl2N5O. The number of fused-ring (bicyclic) bond motifs is 3. The minimum Gasteiger partial charge on any atom is -0.396 e. The average Bonchev–Trinajstić information content (AvgIpc) is 3.39. The zero-order chi connectivity index (χ0) is 17.9. The van der Waals surface area contributed by atoms with Crippen LogP contribution in [0.3, 0.4) is 0 Å². The van der Waals surface area contributed by atoms with Crippen molar-refractivity contribution in [3.63, 3.8) is 0 Å². The Bertz CT molecular complexity index is 849. The third kappa shape index (κ3) is 3.09. The SMILES string of the molecule is Cc1cnn2c(N[C@H]3CC[C@H](N)C3)c3c(nc12)C1(CCCC1)C(CO)C3.Cl.Cl. The Balaban J connectivity index is 0.00000112. The Hall–Kier alpha value is -1.08. The lowest BCUT2D eigenvalue weighted by molar-refractivity contribution is 0.162. The van der Waals surface area contributed by atoms with E-state index in [2.05, 4.69) is 17.3 Å². The van der Waals surface area contributed by atoms with Gasteiger partial charge in [0.1, 0.15) is 5.82 Å². The standard InChI is InChI=1S/C20H29N5O.2ClH/c1-12-10-22-25-18(12)24-17-16(19(25)23-15-5-4-14(21)9-15)8-13(11-26)20(17)6-2-3-7-20;;/h10,13-15,23,26H,2-9,11,21H2,1H3;2*1H/t13?,14-,15-;;/m0../s1. The summed E-state index contributed by atoms with van der Waals surface area (Å²) in [4.78, 5) is 5.12. The van der Waals surface area contributed by atoms with Crippen LogP contribution in [-0.4, -0.2) is 38.4 Å². The summed E-state index contributed by atoms with van der Waals surface area (Å²) in [6, 6.07) is 0.695. The Morgan fingerprint density at radius 3 is 2.68 bits per heavy atom. The largest absolute Gasteiger partial charge is 0.396 e. The van der Waals surface area contributed by atoms with E-state index in [1.807, 2.05) is 10.7 Å². The van der Waals surface area contributed by atoms with E-state index in [1.165, 1.54) is 24.1 Å². The van der Waals surface area contributed by atoms with Crippen LogP contribution >= 0.6 is 24.8 Å². The highest BCUT2D eigenvalue weighted by Gasteiger charge is 2.50. The highest BCUT2D eigenvalue weighted by atomic mass is 35.5. The van der Waals surface area contributed by atoms with Gasteiger partial charge < -0.3 is 16.2 Å². The van der Waals surface area contributed by atoms with Crippen LogP contribution < -0.4 is 11.1 Å². The van der Waals surface area contributed by atoms with Gasteiger partial charge in [0.25, 0.3) is 0 Å². The van der Waals surface area contributed by atoms with Crippen molar-refractivity contribution in [2.75, 3.05) is 11.9 Å². The number of anilines is 1. The molecule has 2 fully saturated rings. The summed E-state index contributed by atoms with van der Waals surface area (Å²) in [6.07, 6.45) is 10.8. The minimum absolute atomic E-state index is 0. The molecular weight excluding hydrogens is 397 g/mol. The summed E-state index contributed by atoms with van der Waals surface area (Å²) in [5, 5.41) is 18.5. The fraction of sp³-hybridized carbons (Fsp3) is 0.700. The van der Waals surface area contributed by atoms with Gasteiger partial charge in [-0.25, -0.2) is 4.98 Å². The van der Waals surface area contributed by atoms with Crippen molar-refractivity contribution < 1.29 is 5.11 Å². The molecule has 0 bridgehead atoms. The first-order valence-electron chi connectivity index (χ1n) is 10.1. The molecule has 0 aliphatic heterocycles. The lowest BCUT2D eigenvalue weighted by Gasteiger charge is -2.30. The lowest BCUT2D eigenvalue weighted by Crippen LogP contribution is -2.31. The summed E-state index contributed by atoms with van der Waals surface area (Å²) in [5.41, 5.74) is 10.8. The molecule has 1 spiro atoms. The van der Waals surface area contributed by atoms with Gasteiger partial charge in [-0.1, -0.05) is 12.8 Å². The molecule has 3 aliphatic rings. The molecule has 5 rings (SSSR count). The van der Waals surface area contributed by atoms with Crippen molar-refractivity contribution >= 4 is 36.3 Å². The molecule has 6 nitrogen and oxygen atoms in total. The smallest absolute Gasteiger partial charge is 0.160 e. The van der Waals surface area contributed by atoms with Crippen LogP contribution in [0.25, 0.3) is 5.65 Å². The van der Waals surface area contributed by atoms with Crippen molar-refractivity contribution in [1.82, 2.24) is 14.6 Å². The molecule has 2 aromatic heterocycles. The van der Waals surface area contributed by atoms with Crippen LogP contribution in [-0.2, 0) is 11.8 Å². The fourth-order valence-electron chi connectivity index (χ4n) is 5.76. The van der Waals surface area contributed by atoms with Gasteiger partial charge in [0.2, 0.25) is 0 Å². The summed E-state index contributed by atoms with van der Waals surface area (Å²) in [7, 11) is 0. The Kier molecular flexibility index (Phi) is 6.16. The van der Waals surface area contributed by atoms with Crippen molar-refractivity contribution in [3.05, 3.63) is 23.0 Å². The van der Waals surface area contributed by atoms with E-state index in [0.717, 1.165) is 55.6 Å². The van der Waals surface area contributed by atoms with E-state index in [0.29, 0.717) is 12.1 Å². The van der Waals surface area contributed by atoms with Gasteiger partial charge in [-0.05, 0) is 51.4 Å². The number of nitrogens with two attached hydrogens (primary N) is 1. The number of aryl methyl sites for hydroxylation is 1. The first kappa shape index (κ1) is 21.6. The topological polar surface area (TPSA) is 88.5 Å². The van der Waals surface area contributed by atoms with Crippen LogP contribution in [0.2, 0.25) is 0 Å². The van der Waals surface area contributed by atoms with Gasteiger partial charge in [0.05, 0.1) is 11.9 Å². The lowest BCUT2D eigenvalue weighted by atomic mass is 9.76. The number of halogens is 2. The number of rotatable bonds is 3. The van der Waals surface area contributed by atoms with Crippen molar-refractivity contribution in [2.45, 2.75) is 75.8 Å². The summed E-state index contributed by atoms with van der Waals surface area (Å²) < 4.78 is 1.99. The van der Waals surface area contributed by atoms with E-state index < -0.39 is 0 Å². The summed E-state index contributed by atoms with van der Waals surface area (Å²) >= 11 is 0. The predicted molar refractivity (Wildman–Crippen MR) is 116 cm³/mol. The number of nitrogens with zero attached hydrogens (tertiary/aromatic N) is 3. The van der Waals surface area contributed by atoms with Crippen LogP contribution in [0.15, 0.2) is 6.20 Å². The normalized spacial score (nSPS) is 27.6. The van der Waals surface area contributed by atoms with Crippen LogP contribution in [0.4, 0.5) is 5.82 Å². The first-order chi connectivity index (χ1) is 12.6. The molecule has 0 aromatic carbocycles. The molecule has 1 unspecified atom stereocenters. The maximum absolute atomic E-state index is 10.1. The summed E-state index contributed by atoms with van der Waals surface area (Å²) in [5.74, 6) is 1.38. The highest BCUT2D eigenvalue weighted by molar-refractivity contribution is 5.85. The quantitative estimate of drug-likeness (QED) is 0.699. The Morgan fingerprint density at radius 2 is 2.04 bits per heavy atom. The zero-order valence-electron chi connectivity index (χ0n) is 16.4. The van der Waals surface area contributed by atoms with Gasteiger partial charge in [-0.3, -0.25) is 0 Å². The van der Waals surface area contributed by atoms with Crippen LogP contribution in [0.5, 0.6) is 0 Å². The number of hydrogen-bond acceptors (Lipinski definition) is 5. The van der Waals surface area contributed by atoms with E-state index in [4.69, 9.17) is 10.7 Å². The molecule has 8 heteroatoms. The maximum atomic E-state index is 10.1. The molecule has 0 amide bonds. The number of nitrogens with one attached hydrogen (secondary N) is 1. The highest BCUT2D eigenvalue weighted by Crippen LogP contribution is 2.54. The second-order valence-electron chi connectivity index (χ2n) is 8.71. The predicted octanol–water partition coefficient (Wildman–Crippen LogP) is 3.15. The van der Waals surface area contributed by atoms with Gasteiger partial charge in [-0.15, -0.1) is 24.8 Å². The third-order valence-corrected chi connectivity index (χ3v) is 7.16. The van der Waals surface area contributed by atoms with Gasteiger partial charge >= 0.3 is 0 Å². The van der Waals surface area contributed by atoms with Crippen LogP contribution in [0, 0.1) is 12.8 Å². The molecule has 28 heavy (non-hydrogen) atoms. The minimum atomic E-state index is 0. The van der Waals surface area contributed by atoms with Crippen molar-refractivity contribution in [3.8, 4) is 0 Å². The number of aromatic nitrogens is 3. The molecule has 4 N–H and O–H groups in total. The molecule has 3 aliphatic carbocycles. The molecule has 0 radical (unpaired) electrons. The first-order valence-corrected chi connectivity index (χ1v) is 10.1. The Labute approximate surface area is 178 Å². The molecule has 0 saturated heterocycles. The monoisotopic (exact) mass is 427 g/mol.